The molecule has 3 rings (SSSR count). The molecule has 138 valence electrons. The molecule has 0 aromatic heterocycles. The zero-order chi connectivity index (χ0) is 18.9. The molecule has 3 unspecified atom stereocenters. The Morgan fingerprint density at radius 2 is 2.15 bits per heavy atom. The van der Waals surface area contributed by atoms with Crippen LogP contribution in [0.5, 0.6) is 0 Å². The summed E-state index contributed by atoms with van der Waals surface area (Å²) in [5.41, 5.74) is 1.57. The molecule has 0 fully saturated rings. The number of hydrogen-bond donors (Lipinski definition) is 0. The van der Waals surface area contributed by atoms with Crippen molar-refractivity contribution in [1.82, 2.24) is 3.93 Å². The van der Waals surface area contributed by atoms with E-state index in [1.807, 2.05) is 28.4 Å². The van der Waals surface area contributed by atoms with Gasteiger partial charge in [0.05, 0.1) is 41.7 Å². The van der Waals surface area contributed by atoms with E-state index < -0.39 is 11.3 Å². The van der Waals surface area contributed by atoms with Crippen LogP contribution in [0.25, 0.3) is 0 Å². The summed E-state index contributed by atoms with van der Waals surface area (Å²) >= 11 is 9.29. The van der Waals surface area contributed by atoms with Gasteiger partial charge >= 0.3 is 11.9 Å². The fraction of sp³-hybridized carbons (Fsp3) is 0.421. The highest BCUT2D eigenvalue weighted by Gasteiger charge is 2.55. The van der Waals surface area contributed by atoms with Gasteiger partial charge in [0.2, 0.25) is 0 Å². The Bertz CT molecular complexity index is 770. The summed E-state index contributed by atoms with van der Waals surface area (Å²) in [7, 11) is 2.71. The predicted molar refractivity (Wildman–Crippen MR) is 105 cm³/mol. The normalized spacial score (nSPS) is 27.3. The summed E-state index contributed by atoms with van der Waals surface area (Å²) < 4.78 is 11.7. The summed E-state index contributed by atoms with van der Waals surface area (Å²) in [6.07, 6.45) is 13.2. The molecule has 1 heterocycles. The van der Waals surface area contributed by atoms with Crippen LogP contribution >= 0.6 is 28.4 Å². The lowest BCUT2D eigenvalue weighted by molar-refractivity contribution is -0.148. The number of nitrogens with zero attached hydrogens (tertiary/aromatic N) is 1. The van der Waals surface area contributed by atoms with E-state index in [-0.39, 0.29) is 24.3 Å². The number of halogens is 1. The van der Waals surface area contributed by atoms with Crippen molar-refractivity contribution in [1.29, 1.82) is 0 Å². The van der Waals surface area contributed by atoms with Gasteiger partial charge in [-0.25, -0.2) is 0 Å². The summed E-state index contributed by atoms with van der Waals surface area (Å²) in [4.78, 5) is 25.1. The molecule has 2 aliphatic carbocycles. The zero-order valence-electron chi connectivity index (χ0n) is 14.6. The van der Waals surface area contributed by atoms with Gasteiger partial charge < -0.3 is 9.47 Å². The summed E-state index contributed by atoms with van der Waals surface area (Å²) in [5.74, 6) is -1.51. The Labute approximate surface area is 166 Å². The number of esters is 2. The minimum Gasteiger partial charge on any atom is -0.469 e. The largest absolute Gasteiger partial charge is 0.469 e. The van der Waals surface area contributed by atoms with Crippen LogP contribution in [0.1, 0.15) is 19.3 Å². The molecule has 0 N–H and O–H groups in total. The highest BCUT2D eigenvalue weighted by atomic mass is 79.9. The number of rotatable bonds is 5. The minimum atomic E-state index is -0.533. The maximum Gasteiger partial charge on any atom is 0.309 e. The lowest BCUT2D eigenvalue weighted by Crippen LogP contribution is -2.46. The number of methoxy groups -OCH3 is 2. The third-order valence-electron chi connectivity index (χ3n) is 5.26. The van der Waals surface area contributed by atoms with Gasteiger partial charge in [-0.3, -0.25) is 13.5 Å². The van der Waals surface area contributed by atoms with Crippen LogP contribution in [-0.4, -0.2) is 34.9 Å². The highest BCUT2D eigenvalue weighted by Crippen LogP contribution is 2.58. The second kappa shape index (κ2) is 7.48. The van der Waals surface area contributed by atoms with Gasteiger partial charge in [0.1, 0.15) is 0 Å². The number of thiocarbonyl (C=S) groups is 1. The van der Waals surface area contributed by atoms with Crippen LogP contribution in [0.2, 0.25) is 0 Å². The molecule has 0 aromatic carbocycles. The summed E-state index contributed by atoms with van der Waals surface area (Å²) in [5, 5.41) is 0. The number of ether oxygens (including phenoxy) is 2. The molecule has 0 aromatic rings. The van der Waals surface area contributed by atoms with Gasteiger partial charge in [-0.15, -0.1) is 0 Å². The average Bonchev–Trinajstić information content (AvgIpc) is 2.94. The zero-order valence-corrected chi connectivity index (χ0v) is 17.0. The van der Waals surface area contributed by atoms with Crippen molar-refractivity contribution >= 4 is 45.2 Å². The Morgan fingerprint density at radius 1 is 1.38 bits per heavy atom. The Balaban J connectivity index is 2.06. The summed E-state index contributed by atoms with van der Waals surface area (Å²) in [6.45, 7) is 0. The van der Waals surface area contributed by atoms with E-state index in [0.717, 1.165) is 16.1 Å². The van der Waals surface area contributed by atoms with E-state index in [4.69, 9.17) is 21.7 Å². The Hall–Kier alpha value is -1.73. The number of carbonyl (C=O) groups is 2. The van der Waals surface area contributed by atoms with E-state index in [1.54, 1.807) is 0 Å². The predicted octanol–water partition coefficient (Wildman–Crippen LogP) is 3.62. The standard InChI is InChI=1S/C19H20BrNO4S/c1-24-16(22)9-6-13(18(23)25-2)17-14(26)7-8-15-19(17)10-4-3-5-12(19)11-21(15)20/h3-5,8,10-11,13,17H,6-7,9H2,1-2H3. The van der Waals surface area contributed by atoms with Crippen molar-refractivity contribution < 1.29 is 19.1 Å². The van der Waals surface area contributed by atoms with E-state index in [2.05, 4.69) is 28.3 Å². The number of carbonyl (C=O) groups excluding carboxylic acids is 2. The molecule has 0 radical (unpaired) electrons. The van der Waals surface area contributed by atoms with Crippen molar-refractivity contribution in [2.24, 2.45) is 17.3 Å². The Kier molecular flexibility index (Phi) is 5.48. The van der Waals surface area contributed by atoms with Crippen LogP contribution in [-0.2, 0) is 19.1 Å². The molecule has 7 heteroatoms. The van der Waals surface area contributed by atoms with E-state index in [1.165, 1.54) is 14.2 Å². The van der Waals surface area contributed by atoms with Crippen molar-refractivity contribution in [2.75, 3.05) is 14.2 Å². The molecule has 3 atom stereocenters. The first-order chi connectivity index (χ1) is 12.5. The molecule has 26 heavy (non-hydrogen) atoms. The first-order valence-corrected chi connectivity index (χ1v) is 9.48. The van der Waals surface area contributed by atoms with Crippen molar-refractivity contribution in [3.05, 3.63) is 47.9 Å². The Morgan fingerprint density at radius 3 is 2.85 bits per heavy atom. The van der Waals surface area contributed by atoms with Gasteiger partial charge in [-0.05, 0) is 18.4 Å². The van der Waals surface area contributed by atoms with E-state index >= 15 is 0 Å². The molecule has 1 aliphatic heterocycles. The second-order valence-corrected chi connectivity index (χ2v) is 7.75. The quantitative estimate of drug-likeness (QED) is 0.371. The molecule has 0 amide bonds. The molecule has 3 aliphatic rings. The van der Waals surface area contributed by atoms with E-state index in [9.17, 15) is 9.59 Å². The maximum absolute atomic E-state index is 12.7. The van der Waals surface area contributed by atoms with Gasteiger partial charge in [-0.2, -0.15) is 0 Å². The lowest BCUT2D eigenvalue weighted by atomic mass is 9.58. The SMILES string of the molecule is COC(=O)CCC(C(=O)OC)C1C(=S)CC=C2N(Br)C=C3C=CC=CC321. The van der Waals surface area contributed by atoms with Crippen molar-refractivity contribution in [3.8, 4) is 0 Å². The van der Waals surface area contributed by atoms with E-state index in [0.29, 0.717) is 12.8 Å². The van der Waals surface area contributed by atoms with Gasteiger partial charge in [-0.1, -0.05) is 42.6 Å². The molecule has 0 saturated heterocycles. The lowest BCUT2D eigenvalue weighted by Gasteiger charge is -2.45. The topological polar surface area (TPSA) is 55.8 Å². The average molecular weight is 438 g/mol. The molecule has 0 bridgehead atoms. The fourth-order valence-electron chi connectivity index (χ4n) is 4.12. The molecular weight excluding hydrogens is 418 g/mol. The third kappa shape index (κ3) is 2.97. The maximum atomic E-state index is 12.7. The summed E-state index contributed by atoms with van der Waals surface area (Å²) in [6, 6.07) is 0. The number of hydrogen-bond acceptors (Lipinski definition) is 6. The van der Waals surface area contributed by atoms with Crippen LogP contribution in [0.3, 0.4) is 0 Å². The van der Waals surface area contributed by atoms with Crippen LogP contribution in [0.15, 0.2) is 47.9 Å². The van der Waals surface area contributed by atoms with Gasteiger partial charge in [0.15, 0.2) is 0 Å². The monoisotopic (exact) mass is 437 g/mol. The first kappa shape index (κ1) is 19.0. The second-order valence-electron chi connectivity index (χ2n) is 6.46. The molecule has 0 saturated carbocycles. The minimum absolute atomic E-state index is 0.140. The third-order valence-corrected chi connectivity index (χ3v) is 6.26. The van der Waals surface area contributed by atoms with Crippen molar-refractivity contribution in [3.63, 3.8) is 0 Å². The van der Waals surface area contributed by atoms with Crippen molar-refractivity contribution in [2.45, 2.75) is 19.3 Å². The number of allylic oxidation sites excluding steroid dienone is 5. The van der Waals surface area contributed by atoms with Crippen LogP contribution in [0, 0.1) is 17.3 Å². The fourth-order valence-corrected chi connectivity index (χ4v) is 5.21. The van der Waals surface area contributed by atoms with Gasteiger partial charge in [0.25, 0.3) is 0 Å². The first-order valence-electron chi connectivity index (χ1n) is 8.37. The van der Waals surface area contributed by atoms with Gasteiger partial charge in [0, 0.05) is 29.1 Å². The van der Waals surface area contributed by atoms with Crippen LogP contribution in [0.4, 0.5) is 0 Å². The smallest absolute Gasteiger partial charge is 0.309 e. The molecule has 5 nitrogen and oxygen atoms in total. The highest BCUT2D eigenvalue weighted by molar-refractivity contribution is 9.07. The molecule has 1 spiro atoms. The van der Waals surface area contributed by atoms with Crippen LogP contribution < -0.4 is 0 Å². The molecular formula is C19H20BrNO4S.